The van der Waals surface area contributed by atoms with Crippen molar-refractivity contribution in [1.82, 2.24) is 9.97 Å². The first kappa shape index (κ1) is 14.4. The van der Waals surface area contributed by atoms with Crippen LogP contribution >= 0.6 is 34.8 Å². The molecule has 0 atom stereocenters. The van der Waals surface area contributed by atoms with E-state index in [1.54, 1.807) is 18.2 Å². The largest absolute Gasteiger partial charge is 0.340 e. The van der Waals surface area contributed by atoms with Crippen molar-refractivity contribution >= 4 is 46.3 Å². The Morgan fingerprint density at radius 1 is 1.05 bits per heavy atom. The fourth-order valence-corrected chi connectivity index (χ4v) is 2.08. The molecule has 2 aromatic rings. The van der Waals surface area contributed by atoms with Crippen LogP contribution in [0.15, 0.2) is 24.3 Å². The lowest BCUT2D eigenvalue weighted by molar-refractivity contribution is 0.837. The first-order valence-corrected chi connectivity index (χ1v) is 6.97. The van der Waals surface area contributed by atoms with Crippen LogP contribution in [0, 0.1) is 0 Å². The van der Waals surface area contributed by atoms with Crippen molar-refractivity contribution in [3.8, 4) is 0 Å². The molecule has 0 aliphatic heterocycles. The maximum Gasteiger partial charge on any atom is 0.135 e. The maximum absolute atomic E-state index is 5.97. The molecule has 100 valence electrons. The Morgan fingerprint density at radius 3 is 2.53 bits per heavy atom. The molecular formula is C13H12Cl3N3. The van der Waals surface area contributed by atoms with Gasteiger partial charge in [-0.2, -0.15) is 0 Å². The molecule has 0 saturated carbocycles. The van der Waals surface area contributed by atoms with Gasteiger partial charge in [-0.3, -0.25) is 0 Å². The molecule has 6 heteroatoms. The second-order valence-corrected chi connectivity index (χ2v) is 5.20. The molecule has 0 aliphatic carbocycles. The molecule has 1 N–H and O–H groups in total. The molecule has 1 heterocycles. The molecule has 0 radical (unpaired) electrons. The van der Waals surface area contributed by atoms with Crippen molar-refractivity contribution in [3.63, 3.8) is 0 Å². The van der Waals surface area contributed by atoms with Gasteiger partial charge in [-0.15, -0.1) is 0 Å². The summed E-state index contributed by atoms with van der Waals surface area (Å²) in [6.07, 6.45) is 1.75. The molecule has 3 nitrogen and oxygen atoms in total. The smallest absolute Gasteiger partial charge is 0.135 e. The van der Waals surface area contributed by atoms with Crippen LogP contribution in [0.5, 0.6) is 0 Å². The Labute approximate surface area is 126 Å². The third-order valence-corrected chi connectivity index (χ3v) is 3.34. The molecule has 0 unspecified atom stereocenters. The molecule has 19 heavy (non-hydrogen) atoms. The Bertz CT molecular complexity index is 587. The van der Waals surface area contributed by atoms with E-state index >= 15 is 0 Å². The molecule has 1 aromatic carbocycles. The number of aromatic nitrogens is 2. The first-order valence-electron chi connectivity index (χ1n) is 5.84. The second-order valence-electron chi connectivity index (χ2n) is 4.00. The third kappa shape index (κ3) is 3.96. The molecule has 0 bridgehead atoms. The highest BCUT2D eigenvalue weighted by atomic mass is 35.5. The topological polar surface area (TPSA) is 37.8 Å². The Morgan fingerprint density at radius 2 is 1.84 bits per heavy atom. The Balaban J connectivity index is 2.24. The van der Waals surface area contributed by atoms with E-state index in [2.05, 4.69) is 22.2 Å². The van der Waals surface area contributed by atoms with Crippen LogP contribution in [0.25, 0.3) is 0 Å². The number of hydrogen-bond donors (Lipinski definition) is 1. The number of nitrogens with zero attached hydrogens (tertiary/aromatic N) is 2. The maximum atomic E-state index is 5.97. The van der Waals surface area contributed by atoms with Gasteiger partial charge in [0.25, 0.3) is 0 Å². The van der Waals surface area contributed by atoms with Crippen LogP contribution in [-0.2, 0) is 6.42 Å². The summed E-state index contributed by atoms with van der Waals surface area (Å²) in [4.78, 5) is 8.55. The standard InChI is InChI=1S/C13H12Cl3N3/c1-2-3-12-18-11(16)7-13(19-12)17-8-4-5-9(14)10(15)6-8/h4-7H,2-3H2,1H3,(H,17,18,19). The van der Waals surface area contributed by atoms with Crippen LogP contribution in [0.3, 0.4) is 0 Å². The van der Waals surface area contributed by atoms with E-state index in [1.807, 2.05) is 6.07 Å². The first-order chi connectivity index (χ1) is 9.08. The molecule has 0 spiro atoms. The van der Waals surface area contributed by atoms with Gasteiger partial charge in [0.1, 0.15) is 16.8 Å². The summed E-state index contributed by atoms with van der Waals surface area (Å²) in [7, 11) is 0. The normalized spacial score (nSPS) is 10.5. The van der Waals surface area contributed by atoms with Gasteiger partial charge in [0.05, 0.1) is 10.0 Å². The summed E-state index contributed by atoms with van der Waals surface area (Å²) in [6, 6.07) is 6.95. The zero-order valence-electron chi connectivity index (χ0n) is 10.3. The number of hydrogen-bond acceptors (Lipinski definition) is 3. The van der Waals surface area contributed by atoms with E-state index in [1.165, 1.54) is 0 Å². The van der Waals surface area contributed by atoms with Crippen LogP contribution in [-0.4, -0.2) is 9.97 Å². The molecule has 0 fully saturated rings. The average molecular weight is 317 g/mol. The monoisotopic (exact) mass is 315 g/mol. The highest BCUT2D eigenvalue weighted by Crippen LogP contribution is 2.27. The molecule has 2 rings (SSSR count). The number of rotatable bonds is 4. The zero-order valence-corrected chi connectivity index (χ0v) is 12.5. The van der Waals surface area contributed by atoms with Crippen molar-refractivity contribution in [3.05, 3.63) is 45.3 Å². The number of benzene rings is 1. The SMILES string of the molecule is CCCc1nc(Cl)cc(Nc2ccc(Cl)c(Cl)c2)n1. The van der Waals surface area contributed by atoms with Crippen LogP contribution < -0.4 is 5.32 Å². The highest BCUT2D eigenvalue weighted by molar-refractivity contribution is 6.42. The predicted octanol–water partition coefficient (Wildman–Crippen LogP) is 5.13. The van der Waals surface area contributed by atoms with Crippen molar-refractivity contribution in [2.45, 2.75) is 19.8 Å². The third-order valence-electron chi connectivity index (χ3n) is 2.41. The zero-order chi connectivity index (χ0) is 13.8. The quantitative estimate of drug-likeness (QED) is 0.794. The van der Waals surface area contributed by atoms with Gasteiger partial charge in [0, 0.05) is 18.2 Å². The van der Waals surface area contributed by atoms with Crippen LogP contribution in [0.4, 0.5) is 11.5 Å². The van der Waals surface area contributed by atoms with Crippen molar-refractivity contribution in [2.24, 2.45) is 0 Å². The molecule has 0 amide bonds. The van der Waals surface area contributed by atoms with Gasteiger partial charge in [0.2, 0.25) is 0 Å². The van der Waals surface area contributed by atoms with Gasteiger partial charge in [-0.05, 0) is 24.6 Å². The van der Waals surface area contributed by atoms with E-state index in [-0.39, 0.29) is 0 Å². The van der Waals surface area contributed by atoms with Gasteiger partial charge in [0.15, 0.2) is 0 Å². The molecular weight excluding hydrogens is 305 g/mol. The number of aryl methyl sites for hydroxylation is 1. The van der Waals surface area contributed by atoms with Gasteiger partial charge in [-0.1, -0.05) is 41.7 Å². The van der Waals surface area contributed by atoms with Crippen molar-refractivity contribution < 1.29 is 0 Å². The fourth-order valence-electron chi connectivity index (χ4n) is 1.59. The van der Waals surface area contributed by atoms with E-state index in [0.717, 1.165) is 24.4 Å². The lowest BCUT2D eigenvalue weighted by Gasteiger charge is -2.08. The van der Waals surface area contributed by atoms with Crippen LogP contribution in [0.1, 0.15) is 19.2 Å². The summed E-state index contributed by atoms with van der Waals surface area (Å²) in [5.41, 5.74) is 0.798. The molecule has 1 aromatic heterocycles. The Hall–Kier alpha value is -1.03. The fraction of sp³-hybridized carbons (Fsp3) is 0.231. The van der Waals surface area contributed by atoms with Crippen molar-refractivity contribution in [2.75, 3.05) is 5.32 Å². The second kappa shape index (κ2) is 6.42. The minimum atomic E-state index is 0.418. The minimum absolute atomic E-state index is 0.418. The van der Waals surface area contributed by atoms with Gasteiger partial charge >= 0.3 is 0 Å². The predicted molar refractivity (Wildman–Crippen MR) is 80.8 cm³/mol. The summed E-state index contributed by atoms with van der Waals surface area (Å²) in [6.45, 7) is 2.07. The molecule has 0 aliphatic rings. The molecule has 0 saturated heterocycles. The summed E-state index contributed by atoms with van der Waals surface area (Å²) in [5.74, 6) is 1.36. The lowest BCUT2D eigenvalue weighted by Crippen LogP contribution is -2.00. The van der Waals surface area contributed by atoms with E-state index in [9.17, 15) is 0 Å². The van der Waals surface area contributed by atoms with E-state index < -0.39 is 0 Å². The van der Waals surface area contributed by atoms with Crippen molar-refractivity contribution in [1.29, 1.82) is 0 Å². The number of halogens is 3. The summed E-state index contributed by atoms with van der Waals surface area (Å²) >= 11 is 17.8. The lowest BCUT2D eigenvalue weighted by atomic mass is 10.3. The number of anilines is 2. The highest BCUT2D eigenvalue weighted by Gasteiger charge is 2.05. The van der Waals surface area contributed by atoms with Gasteiger partial charge < -0.3 is 5.32 Å². The minimum Gasteiger partial charge on any atom is -0.340 e. The van der Waals surface area contributed by atoms with Gasteiger partial charge in [-0.25, -0.2) is 9.97 Å². The number of nitrogens with one attached hydrogen (secondary N) is 1. The van der Waals surface area contributed by atoms with E-state index in [4.69, 9.17) is 34.8 Å². The average Bonchev–Trinajstić information content (AvgIpc) is 2.33. The Kier molecular flexibility index (Phi) is 4.86. The van der Waals surface area contributed by atoms with E-state index in [0.29, 0.717) is 21.0 Å². The van der Waals surface area contributed by atoms with Crippen LogP contribution in [0.2, 0.25) is 15.2 Å². The summed E-state index contributed by atoms with van der Waals surface area (Å²) in [5, 5.41) is 4.55. The summed E-state index contributed by atoms with van der Waals surface area (Å²) < 4.78 is 0.